The molecule has 1 heterocycles. The molecule has 0 aromatic rings. The van der Waals surface area contributed by atoms with Crippen LogP contribution in [0.25, 0.3) is 0 Å². The van der Waals surface area contributed by atoms with Crippen molar-refractivity contribution in [2.24, 2.45) is 0 Å². The van der Waals surface area contributed by atoms with Crippen molar-refractivity contribution in [1.29, 1.82) is 0 Å². The molecule has 0 aromatic heterocycles. The molecule has 1 saturated heterocycles. The van der Waals surface area contributed by atoms with Crippen molar-refractivity contribution in [2.75, 3.05) is 6.61 Å². The highest BCUT2D eigenvalue weighted by atomic mass is 16.5. The first-order valence-corrected chi connectivity index (χ1v) is 6.31. The van der Waals surface area contributed by atoms with Gasteiger partial charge in [0.15, 0.2) is 0 Å². The van der Waals surface area contributed by atoms with Crippen LogP contribution in [0.3, 0.4) is 0 Å². The van der Waals surface area contributed by atoms with Crippen LogP contribution in [-0.4, -0.2) is 35.2 Å². The van der Waals surface area contributed by atoms with Gasteiger partial charge in [-0.1, -0.05) is 12.8 Å². The Morgan fingerprint density at radius 3 is 2.41 bits per heavy atom. The summed E-state index contributed by atoms with van der Waals surface area (Å²) in [7, 11) is 0. The van der Waals surface area contributed by atoms with Crippen LogP contribution >= 0.6 is 0 Å². The van der Waals surface area contributed by atoms with Gasteiger partial charge in [-0.3, -0.25) is 4.79 Å². The van der Waals surface area contributed by atoms with E-state index < -0.39 is 17.6 Å². The highest BCUT2D eigenvalue weighted by Crippen LogP contribution is 2.30. The van der Waals surface area contributed by atoms with E-state index in [0.717, 1.165) is 25.7 Å². The van der Waals surface area contributed by atoms with Crippen LogP contribution in [0.4, 0.5) is 0 Å². The molecule has 0 aromatic carbocycles. The fourth-order valence-corrected chi connectivity index (χ4v) is 2.63. The molecular weight excluding hydrogens is 222 g/mol. The second-order valence-corrected chi connectivity index (χ2v) is 4.94. The molecule has 2 aliphatic rings. The number of carboxylic acid groups (broad SMARTS) is 1. The maximum Gasteiger partial charge on any atom is 0.329 e. The van der Waals surface area contributed by atoms with Crippen molar-refractivity contribution in [1.82, 2.24) is 5.32 Å². The maximum atomic E-state index is 12.0. The van der Waals surface area contributed by atoms with Gasteiger partial charge in [0.2, 0.25) is 5.91 Å². The Kier molecular flexibility index (Phi) is 3.66. The number of rotatable bonds is 3. The predicted octanol–water partition coefficient (Wildman–Crippen LogP) is 1.07. The fraction of sp³-hybridized carbons (Fsp3) is 0.833. The number of amides is 1. The Morgan fingerprint density at radius 2 is 1.88 bits per heavy atom. The molecule has 5 nitrogen and oxygen atoms in total. The third-order valence-electron chi connectivity index (χ3n) is 3.70. The lowest BCUT2D eigenvalue weighted by Crippen LogP contribution is -2.55. The zero-order chi connectivity index (χ0) is 12.3. The van der Waals surface area contributed by atoms with Crippen LogP contribution in [0, 0.1) is 0 Å². The van der Waals surface area contributed by atoms with Crippen LogP contribution < -0.4 is 5.32 Å². The third kappa shape index (κ3) is 2.60. The smallest absolute Gasteiger partial charge is 0.329 e. The van der Waals surface area contributed by atoms with Crippen LogP contribution in [0.5, 0.6) is 0 Å². The van der Waals surface area contributed by atoms with Gasteiger partial charge in [-0.15, -0.1) is 0 Å². The van der Waals surface area contributed by atoms with Gasteiger partial charge in [0.25, 0.3) is 0 Å². The highest BCUT2D eigenvalue weighted by Gasteiger charge is 2.43. The normalized spacial score (nSPS) is 27.6. The lowest BCUT2D eigenvalue weighted by molar-refractivity contribution is -0.150. The minimum Gasteiger partial charge on any atom is -0.480 e. The van der Waals surface area contributed by atoms with Crippen LogP contribution in [0.1, 0.15) is 44.9 Å². The van der Waals surface area contributed by atoms with Crippen molar-refractivity contribution in [3.05, 3.63) is 0 Å². The molecule has 2 rings (SSSR count). The number of carbonyl (C=O) groups is 2. The predicted molar refractivity (Wildman–Crippen MR) is 60.6 cm³/mol. The second-order valence-electron chi connectivity index (χ2n) is 4.94. The van der Waals surface area contributed by atoms with Crippen molar-refractivity contribution >= 4 is 11.9 Å². The average molecular weight is 241 g/mol. The number of hydrogen-bond donors (Lipinski definition) is 2. The molecule has 1 amide bonds. The minimum atomic E-state index is -1.04. The number of carbonyl (C=O) groups excluding carboxylic acids is 1. The molecule has 96 valence electrons. The van der Waals surface area contributed by atoms with Gasteiger partial charge in [0.05, 0.1) is 0 Å². The summed E-state index contributed by atoms with van der Waals surface area (Å²) in [6, 6.07) is 0. The zero-order valence-electron chi connectivity index (χ0n) is 9.91. The van der Waals surface area contributed by atoms with Gasteiger partial charge in [0, 0.05) is 6.61 Å². The van der Waals surface area contributed by atoms with E-state index in [0.29, 0.717) is 25.9 Å². The Balaban J connectivity index is 1.98. The monoisotopic (exact) mass is 241 g/mol. The Hall–Kier alpha value is -1.10. The summed E-state index contributed by atoms with van der Waals surface area (Å²) < 4.78 is 5.37. The number of aliphatic carboxylic acids is 1. The molecule has 2 fully saturated rings. The van der Waals surface area contributed by atoms with Crippen molar-refractivity contribution in [3.8, 4) is 0 Å². The summed E-state index contributed by atoms with van der Waals surface area (Å²) in [6.07, 6.45) is 4.96. The summed E-state index contributed by atoms with van der Waals surface area (Å²) in [5, 5.41) is 12.0. The topological polar surface area (TPSA) is 75.6 Å². The van der Waals surface area contributed by atoms with Gasteiger partial charge >= 0.3 is 5.97 Å². The third-order valence-corrected chi connectivity index (χ3v) is 3.70. The van der Waals surface area contributed by atoms with E-state index in [2.05, 4.69) is 5.32 Å². The summed E-state index contributed by atoms with van der Waals surface area (Å²) in [6.45, 7) is 0.595. The maximum absolute atomic E-state index is 12.0. The molecule has 1 saturated carbocycles. The highest BCUT2D eigenvalue weighted by molar-refractivity contribution is 5.89. The minimum absolute atomic E-state index is 0.256. The van der Waals surface area contributed by atoms with Crippen molar-refractivity contribution < 1.29 is 19.4 Å². The van der Waals surface area contributed by atoms with Gasteiger partial charge in [-0.25, -0.2) is 4.79 Å². The van der Waals surface area contributed by atoms with Crippen LogP contribution in [0.2, 0.25) is 0 Å². The molecule has 2 N–H and O–H groups in total. The van der Waals surface area contributed by atoms with E-state index in [-0.39, 0.29) is 5.91 Å². The summed E-state index contributed by atoms with van der Waals surface area (Å²) >= 11 is 0. The molecule has 1 aliphatic carbocycles. The molecule has 17 heavy (non-hydrogen) atoms. The quantitative estimate of drug-likeness (QED) is 0.775. The molecular formula is C12H19NO4. The first kappa shape index (κ1) is 12.4. The Morgan fingerprint density at radius 1 is 1.18 bits per heavy atom. The number of carboxylic acids is 1. The van der Waals surface area contributed by atoms with Crippen LogP contribution in [0.15, 0.2) is 0 Å². The van der Waals surface area contributed by atoms with Crippen LogP contribution in [-0.2, 0) is 14.3 Å². The van der Waals surface area contributed by atoms with E-state index >= 15 is 0 Å². The SMILES string of the molecule is O=C(NC1(C(=O)O)CCCC1)C1CCCCO1. The Labute approximate surface area is 101 Å². The summed E-state index contributed by atoms with van der Waals surface area (Å²) in [5.41, 5.74) is -1.04. The van der Waals surface area contributed by atoms with Gasteiger partial charge in [-0.05, 0) is 32.1 Å². The second kappa shape index (κ2) is 5.04. The largest absolute Gasteiger partial charge is 0.480 e. The van der Waals surface area contributed by atoms with Gasteiger partial charge in [-0.2, -0.15) is 0 Å². The molecule has 1 unspecified atom stereocenters. The molecule has 0 bridgehead atoms. The Bertz CT molecular complexity index is 304. The first-order chi connectivity index (χ1) is 8.14. The molecule has 5 heteroatoms. The number of nitrogens with one attached hydrogen (secondary N) is 1. The first-order valence-electron chi connectivity index (χ1n) is 6.31. The summed E-state index contributed by atoms with van der Waals surface area (Å²) in [5.74, 6) is -1.17. The van der Waals surface area contributed by atoms with Crippen molar-refractivity contribution in [3.63, 3.8) is 0 Å². The lowest BCUT2D eigenvalue weighted by atomic mass is 9.96. The standard InChI is InChI=1S/C12H19NO4/c14-10(9-5-1-4-8-17-9)13-12(11(15)16)6-2-3-7-12/h9H,1-8H2,(H,13,14)(H,15,16). The van der Waals surface area contributed by atoms with E-state index in [1.54, 1.807) is 0 Å². The summed E-state index contributed by atoms with van der Waals surface area (Å²) in [4.78, 5) is 23.3. The molecule has 0 radical (unpaired) electrons. The average Bonchev–Trinajstić information content (AvgIpc) is 2.80. The van der Waals surface area contributed by atoms with E-state index in [1.165, 1.54) is 0 Å². The fourth-order valence-electron chi connectivity index (χ4n) is 2.63. The lowest BCUT2D eigenvalue weighted by Gasteiger charge is -2.29. The van der Waals surface area contributed by atoms with Gasteiger partial charge < -0.3 is 15.2 Å². The molecule has 1 aliphatic heterocycles. The molecule has 0 spiro atoms. The van der Waals surface area contributed by atoms with Gasteiger partial charge in [0.1, 0.15) is 11.6 Å². The van der Waals surface area contributed by atoms with Crippen molar-refractivity contribution in [2.45, 2.75) is 56.6 Å². The number of hydrogen-bond acceptors (Lipinski definition) is 3. The zero-order valence-corrected chi connectivity index (χ0v) is 9.91. The van der Waals surface area contributed by atoms with E-state index in [9.17, 15) is 14.7 Å². The van der Waals surface area contributed by atoms with E-state index in [1.807, 2.05) is 0 Å². The van der Waals surface area contributed by atoms with E-state index in [4.69, 9.17) is 4.74 Å². The molecule has 1 atom stereocenters. The number of ether oxygens (including phenoxy) is 1.